The quantitative estimate of drug-likeness (QED) is 0.357. The molecule has 7 heteroatoms. The van der Waals surface area contributed by atoms with Crippen LogP contribution in [0, 0.1) is 5.92 Å². The Balaban J connectivity index is 1.01. The first kappa shape index (κ1) is 25.9. The molecule has 3 N–H and O–H groups in total. The molecule has 0 radical (unpaired) electrons. The number of hydrogen-bond acceptors (Lipinski definition) is 5. The van der Waals surface area contributed by atoms with E-state index in [0.29, 0.717) is 17.5 Å². The van der Waals surface area contributed by atoms with Crippen LogP contribution in [0.1, 0.15) is 72.5 Å². The molecule has 1 aliphatic carbocycles. The number of hydrogen-bond donors (Lipinski definition) is 3. The smallest absolute Gasteiger partial charge is 0.274 e. The fraction of sp³-hybridized carbons (Fsp3) is 0.533. The average Bonchev–Trinajstić information content (AvgIpc) is 3.68. The average molecular weight is 505 g/mol. The van der Waals surface area contributed by atoms with Gasteiger partial charge >= 0.3 is 0 Å². The Hall–Kier alpha value is -2.74. The number of carbonyl (C=O) groups excluding carboxylic acids is 2. The normalized spacial score (nSPS) is 23.2. The Morgan fingerprint density at radius 1 is 1.11 bits per heavy atom. The summed E-state index contributed by atoms with van der Waals surface area (Å²) in [7, 11) is 1.88. The fourth-order valence-electron chi connectivity index (χ4n) is 6.14. The van der Waals surface area contributed by atoms with Gasteiger partial charge in [0.15, 0.2) is 0 Å². The maximum atomic E-state index is 12.6. The van der Waals surface area contributed by atoms with Crippen molar-refractivity contribution < 1.29 is 14.8 Å². The van der Waals surface area contributed by atoms with E-state index in [1.54, 1.807) is 22.5 Å². The van der Waals surface area contributed by atoms with Crippen molar-refractivity contribution in [3.63, 3.8) is 0 Å². The van der Waals surface area contributed by atoms with Crippen LogP contribution >= 0.6 is 0 Å². The molecule has 198 valence electrons. The van der Waals surface area contributed by atoms with Gasteiger partial charge in [-0.3, -0.25) is 14.8 Å². The molecule has 0 unspecified atom stereocenters. The number of nitrogens with zero attached hydrogens (tertiary/aromatic N) is 2. The SMILES string of the molecule is CN1C(=O)C(C)(C)c2cc([C@H]3C[C@@H]3NCC3CCN(CCCc4ccc(C(=O)NO)cc4)CC3)ccc21. The molecule has 37 heavy (non-hydrogen) atoms. The molecule has 0 spiro atoms. The minimum atomic E-state index is -0.473. The van der Waals surface area contributed by atoms with E-state index in [1.807, 2.05) is 33.0 Å². The van der Waals surface area contributed by atoms with Crippen LogP contribution in [0.3, 0.4) is 0 Å². The van der Waals surface area contributed by atoms with E-state index >= 15 is 0 Å². The van der Waals surface area contributed by atoms with Gasteiger partial charge in [-0.15, -0.1) is 0 Å². The molecule has 3 aliphatic rings. The number of aryl methyl sites for hydroxylation is 1. The predicted octanol–water partition coefficient (Wildman–Crippen LogP) is 3.85. The third kappa shape index (κ3) is 5.44. The number of likely N-dealkylation sites (N-methyl/N-ethyl adjacent to an activating group) is 1. The molecule has 2 atom stereocenters. The van der Waals surface area contributed by atoms with Gasteiger partial charge in [0.2, 0.25) is 5.91 Å². The molecule has 0 bridgehead atoms. The van der Waals surface area contributed by atoms with E-state index in [0.717, 1.165) is 50.6 Å². The molecule has 0 aromatic heterocycles. The highest BCUT2D eigenvalue weighted by atomic mass is 16.5. The zero-order chi connectivity index (χ0) is 26.2. The van der Waals surface area contributed by atoms with E-state index < -0.39 is 11.3 Å². The molecular formula is C30H40N4O3. The van der Waals surface area contributed by atoms with Gasteiger partial charge in [0.1, 0.15) is 0 Å². The van der Waals surface area contributed by atoms with Crippen molar-refractivity contribution in [2.75, 3.05) is 38.1 Å². The number of hydroxylamine groups is 1. The summed E-state index contributed by atoms with van der Waals surface area (Å²) in [5, 5.41) is 12.6. The van der Waals surface area contributed by atoms with Crippen molar-refractivity contribution >= 4 is 17.5 Å². The summed E-state index contributed by atoms with van der Waals surface area (Å²) >= 11 is 0. The first-order valence-corrected chi connectivity index (χ1v) is 13.7. The van der Waals surface area contributed by atoms with Crippen LogP contribution in [0.4, 0.5) is 5.69 Å². The van der Waals surface area contributed by atoms with Gasteiger partial charge in [0, 0.05) is 30.3 Å². The van der Waals surface area contributed by atoms with Crippen LogP contribution in [0.2, 0.25) is 0 Å². The molecule has 1 saturated carbocycles. The number of piperidine rings is 1. The minimum Gasteiger partial charge on any atom is -0.314 e. The Morgan fingerprint density at radius 2 is 1.84 bits per heavy atom. The molecule has 2 amide bonds. The topological polar surface area (TPSA) is 84.9 Å². The summed E-state index contributed by atoms with van der Waals surface area (Å²) in [4.78, 5) is 28.4. The number of amides is 2. The van der Waals surface area contributed by atoms with Crippen molar-refractivity contribution in [2.24, 2.45) is 5.92 Å². The summed E-state index contributed by atoms with van der Waals surface area (Å²) < 4.78 is 0. The zero-order valence-electron chi connectivity index (χ0n) is 22.3. The van der Waals surface area contributed by atoms with Crippen LogP contribution < -0.4 is 15.7 Å². The second-order valence-electron chi connectivity index (χ2n) is 11.6. The number of benzene rings is 2. The van der Waals surface area contributed by atoms with Gasteiger partial charge in [-0.2, -0.15) is 0 Å². The van der Waals surface area contributed by atoms with Crippen molar-refractivity contribution in [2.45, 2.75) is 63.3 Å². The molecule has 2 aromatic rings. The monoisotopic (exact) mass is 504 g/mol. The van der Waals surface area contributed by atoms with Gasteiger partial charge in [-0.25, -0.2) is 5.48 Å². The maximum absolute atomic E-state index is 12.6. The summed E-state index contributed by atoms with van der Waals surface area (Å²) in [6.07, 6.45) is 5.79. The number of nitrogens with one attached hydrogen (secondary N) is 2. The number of likely N-dealkylation sites (tertiary alicyclic amines) is 1. The van der Waals surface area contributed by atoms with Gasteiger partial charge in [-0.05, 0) is 113 Å². The Morgan fingerprint density at radius 3 is 2.54 bits per heavy atom. The number of carbonyl (C=O) groups is 2. The third-order valence-electron chi connectivity index (χ3n) is 8.75. The molecular weight excluding hydrogens is 464 g/mol. The summed E-state index contributed by atoms with van der Waals surface area (Å²) in [6.45, 7) is 8.61. The van der Waals surface area contributed by atoms with Crippen molar-refractivity contribution in [1.29, 1.82) is 0 Å². The fourth-order valence-corrected chi connectivity index (χ4v) is 6.14. The molecule has 2 aromatic carbocycles. The second kappa shape index (κ2) is 10.6. The second-order valence-corrected chi connectivity index (χ2v) is 11.6. The van der Waals surface area contributed by atoms with Crippen LogP contribution in [-0.2, 0) is 16.6 Å². The van der Waals surface area contributed by atoms with E-state index in [9.17, 15) is 9.59 Å². The van der Waals surface area contributed by atoms with Gasteiger partial charge < -0.3 is 15.1 Å². The van der Waals surface area contributed by atoms with E-state index in [-0.39, 0.29) is 5.91 Å². The Bertz CT molecular complexity index is 1140. The van der Waals surface area contributed by atoms with E-state index in [4.69, 9.17) is 5.21 Å². The highest BCUT2D eigenvalue weighted by molar-refractivity contribution is 6.07. The summed E-state index contributed by atoms with van der Waals surface area (Å²) in [6, 6.07) is 14.6. The summed E-state index contributed by atoms with van der Waals surface area (Å²) in [5.41, 5.74) is 6.52. The lowest BCUT2D eigenvalue weighted by Gasteiger charge is -2.32. The molecule has 5 rings (SSSR count). The zero-order valence-corrected chi connectivity index (χ0v) is 22.3. The van der Waals surface area contributed by atoms with Crippen LogP contribution in [0.5, 0.6) is 0 Å². The van der Waals surface area contributed by atoms with Gasteiger partial charge in [0.05, 0.1) is 5.41 Å². The Labute approximate surface area is 220 Å². The first-order chi connectivity index (χ1) is 17.8. The highest BCUT2D eigenvalue weighted by Gasteiger charge is 2.44. The number of fused-ring (bicyclic) bond motifs is 1. The standard InChI is InChI=1S/C30H40N4O3/c1-30(2)25-17-23(10-11-27(25)33(3)29(30)36)24-18-26(24)31-19-21-12-15-34(16-13-21)14-4-5-20-6-8-22(9-7-20)28(35)32-37/h6-11,17,21,24,26,31,37H,4-5,12-16,18-19H2,1-3H3,(H,32,35)/t24-,26+/m1/s1. The first-order valence-electron chi connectivity index (χ1n) is 13.7. The third-order valence-corrected chi connectivity index (χ3v) is 8.75. The van der Waals surface area contributed by atoms with Gasteiger partial charge in [0.25, 0.3) is 5.91 Å². The van der Waals surface area contributed by atoms with Crippen LogP contribution in [0.15, 0.2) is 42.5 Å². The molecule has 2 aliphatic heterocycles. The highest BCUT2D eigenvalue weighted by Crippen LogP contribution is 2.46. The minimum absolute atomic E-state index is 0.180. The van der Waals surface area contributed by atoms with Crippen LogP contribution in [0.25, 0.3) is 0 Å². The molecule has 1 saturated heterocycles. The van der Waals surface area contributed by atoms with Crippen molar-refractivity contribution in [3.05, 3.63) is 64.7 Å². The lowest BCUT2D eigenvalue weighted by atomic mass is 9.85. The van der Waals surface area contributed by atoms with E-state index in [1.165, 1.54) is 36.0 Å². The van der Waals surface area contributed by atoms with Crippen LogP contribution in [-0.4, -0.2) is 61.2 Å². The van der Waals surface area contributed by atoms with E-state index in [2.05, 4.69) is 28.4 Å². The lowest BCUT2D eigenvalue weighted by Crippen LogP contribution is -2.38. The number of rotatable bonds is 9. The number of anilines is 1. The van der Waals surface area contributed by atoms with Gasteiger partial charge in [-0.1, -0.05) is 24.3 Å². The molecule has 7 nitrogen and oxygen atoms in total. The predicted molar refractivity (Wildman–Crippen MR) is 145 cm³/mol. The maximum Gasteiger partial charge on any atom is 0.274 e. The van der Waals surface area contributed by atoms with Crippen molar-refractivity contribution in [1.82, 2.24) is 15.7 Å². The van der Waals surface area contributed by atoms with Crippen molar-refractivity contribution in [3.8, 4) is 0 Å². The largest absolute Gasteiger partial charge is 0.314 e. The lowest BCUT2D eigenvalue weighted by molar-refractivity contribution is -0.121. The summed E-state index contributed by atoms with van der Waals surface area (Å²) in [5.74, 6) is 1.01. The molecule has 2 fully saturated rings. The Kier molecular flexibility index (Phi) is 7.39. The molecule has 2 heterocycles.